The van der Waals surface area contributed by atoms with Crippen LogP contribution in [0.25, 0.3) is 0 Å². The number of urea groups is 1. The van der Waals surface area contributed by atoms with Crippen LogP contribution in [-0.4, -0.2) is 14.4 Å². The van der Waals surface area contributed by atoms with Gasteiger partial charge in [-0.1, -0.05) is 36.4 Å². The summed E-state index contributed by atoms with van der Waals surface area (Å²) in [5, 5.41) is 0. The molecule has 0 aliphatic heterocycles. The Morgan fingerprint density at radius 2 is 1.38 bits per heavy atom. The third-order valence-electron chi connectivity index (χ3n) is 1.95. The maximum Gasteiger partial charge on any atom is 0.333 e. The molecular weight excluding hydrogens is 294 g/mol. The molecule has 2 aromatic rings. The Morgan fingerprint density at radius 1 is 0.952 bits per heavy atom. The minimum Gasteiger partial charge on any atom is -0.457 e. The molecule has 0 atom stereocenters. The van der Waals surface area contributed by atoms with Crippen LogP contribution in [0.1, 0.15) is 0 Å². The van der Waals surface area contributed by atoms with Crippen LogP contribution in [0, 0.1) is 0 Å². The second-order valence-corrected chi connectivity index (χ2v) is 4.13. The zero-order valence-corrected chi connectivity index (χ0v) is 11.7. The highest BCUT2D eigenvalue weighted by Gasteiger charge is 1.92. The van der Waals surface area contributed by atoms with Gasteiger partial charge < -0.3 is 10.5 Å². The number of ether oxygens (including phenoxy) is 1. The van der Waals surface area contributed by atoms with Crippen molar-refractivity contribution in [1.82, 2.24) is 5.43 Å². The molecule has 0 bridgehead atoms. The number of benzene rings is 2. The molecule has 7 nitrogen and oxygen atoms in total. The molecule has 2 amide bonds. The van der Waals surface area contributed by atoms with Gasteiger partial charge in [-0.05, 0) is 28.7 Å². The summed E-state index contributed by atoms with van der Waals surface area (Å²) in [6.07, 6.45) is 0. The van der Waals surface area contributed by atoms with E-state index in [0.717, 1.165) is 11.5 Å². The first-order chi connectivity index (χ1) is 10.1. The van der Waals surface area contributed by atoms with Gasteiger partial charge in [-0.25, -0.2) is 10.2 Å². The number of nitrogens with one attached hydrogen (secondary N) is 1. The Hall–Kier alpha value is -2.87. The molecule has 0 saturated heterocycles. The molecule has 0 spiro atoms. The average Bonchev–Trinajstić information content (AvgIpc) is 2.48. The van der Waals surface area contributed by atoms with E-state index in [0.29, 0.717) is 0 Å². The minimum atomic E-state index is -2.62. The smallest absolute Gasteiger partial charge is 0.333 e. The van der Waals surface area contributed by atoms with Gasteiger partial charge in [-0.3, -0.25) is 0 Å². The lowest BCUT2D eigenvalue weighted by atomic mass is 10.3. The van der Waals surface area contributed by atoms with Crippen molar-refractivity contribution in [3.05, 3.63) is 60.7 Å². The van der Waals surface area contributed by atoms with E-state index in [-0.39, 0.29) is 0 Å². The normalized spacial score (nSPS) is 8.76. The van der Waals surface area contributed by atoms with Crippen LogP contribution in [-0.2, 0) is 10.5 Å². The molecule has 0 saturated carbocycles. The predicted octanol–water partition coefficient (Wildman–Crippen LogP) is 2.11. The number of carbonyl (C=O) groups is 1. The number of hydrogen-bond donors (Lipinski definition) is 2. The number of carbonyl (C=O) groups excluding carboxylic acids is 1. The Kier molecular flexibility index (Phi) is 7.01. The average molecular weight is 307 g/mol. The van der Waals surface area contributed by atoms with Gasteiger partial charge in [0.25, 0.3) is 0 Å². The third kappa shape index (κ3) is 8.01. The summed E-state index contributed by atoms with van der Waals surface area (Å²) >= 11 is 0. The molecule has 0 unspecified atom stereocenters. The van der Waals surface area contributed by atoms with Crippen LogP contribution in [0.2, 0.25) is 0 Å². The largest absolute Gasteiger partial charge is 0.457 e. The SMILES string of the molecule is NC(=O)NN=S(=O)=O.c1ccc(Oc2ccccc2)cc1. The molecule has 2 aromatic carbocycles. The van der Waals surface area contributed by atoms with Crippen LogP contribution in [0.15, 0.2) is 65.1 Å². The lowest BCUT2D eigenvalue weighted by Gasteiger charge is -2.03. The Bertz CT molecular complexity index is 642. The van der Waals surface area contributed by atoms with E-state index in [1.54, 1.807) is 0 Å². The van der Waals surface area contributed by atoms with Gasteiger partial charge >= 0.3 is 16.5 Å². The summed E-state index contributed by atoms with van der Waals surface area (Å²) in [5.74, 6) is 1.74. The van der Waals surface area contributed by atoms with Crippen LogP contribution in [0.4, 0.5) is 4.79 Å². The van der Waals surface area contributed by atoms with Crippen LogP contribution >= 0.6 is 0 Å². The molecule has 110 valence electrons. The topological polar surface area (TPSA) is 111 Å². The molecule has 0 aromatic heterocycles. The number of para-hydroxylation sites is 2. The second-order valence-electron chi connectivity index (χ2n) is 3.51. The monoisotopic (exact) mass is 307 g/mol. The van der Waals surface area contributed by atoms with E-state index in [2.05, 4.69) is 10.2 Å². The van der Waals surface area contributed by atoms with Crippen LogP contribution in [0.3, 0.4) is 0 Å². The van der Waals surface area contributed by atoms with Gasteiger partial charge in [-0.2, -0.15) is 8.42 Å². The molecule has 21 heavy (non-hydrogen) atoms. The van der Waals surface area contributed by atoms with Crippen molar-refractivity contribution in [3.63, 3.8) is 0 Å². The maximum absolute atomic E-state index is 9.65. The quantitative estimate of drug-likeness (QED) is 0.846. The van der Waals surface area contributed by atoms with Crippen molar-refractivity contribution in [2.75, 3.05) is 0 Å². The van der Waals surface area contributed by atoms with Crippen molar-refractivity contribution in [2.24, 2.45) is 10.2 Å². The van der Waals surface area contributed by atoms with Gasteiger partial charge in [0.2, 0.25) is 0 Å². The fraction of sp³-hybridized carbons (Fsp3) is 0. The zero-order valence-electron chi connectivity index (χ0n) is 10.8. The number of nitrogens with two attached hydrogens (primary N) is 1. The summed E-state index contributed by atoms with van der Waals surface area (Å²) in [7, 11) is -2.62. The number of amides is 2. The highest BCUT2D eigenvalue weighted by molar-refractivity contribution is 7.61. The van der Waals surface area contributed by atoms with Crippen LogP contribution in [0.5, 0.6) is 11.5 Å². The first kappa shape index (κ1) is 16.2. The van der Waals surface area contributed by atoms with E-state index < -0.39 is 16.5 Å². The summed E-state index contributed by atoms with van der Waals surface area (Å²) in [6, 6.07) is 18.5. The van der Waals surface area contributed by atoms with Crippen molar-refractivity contribution in [2.45, 2.75) is 0 Å². The molecule has 0 aliphatic rings. The number of rotatable bonds is 3. The standard InChI is InChI=1S/C12H10O.CH3N3O3S/c1-3-7-11(8-4-1)13-12-9-5-2-6-10-12;2-1(5)3-4-8(6)7/h1-10H;(H3,2,3,5). The summed E-state index contributed by atoms with van der Waals surface area (Å²) < 4.78 is 27.0. The number of nitrogens with zero attached hydrogens (tertiary/aromatic N) is 1. The lowest BCUT2D eigenvalue weighted by molar-refractivity contribution is 0.249. The van der Waals surface area contributed by atoms with Crippen molar-refractivity contribution in [1.29, 1.82) is 0 Å². The molecule has 0 fully saturated rings. The molecule has 2 rings (SSSR count). The molecule has 3 N–H and O–H groups in total. The van der Waals surface area contributed by atoms with Crippen LogP contribution < -0.4 is 15.9 Å². The first-order valence-corrected chi connectivity index (χ1v) is 6.74. The van der Waals surface area contributed by atoms with E-state index in [4.69, 9.17) is 4.74 Å². The molecular formula is C13H13N3O4S. The summed E-state index contributed by atoms with van der Waals surface area (Å²) in [4.78, 5) is 9.65. The highest BCUT2D eigenvalue weighted by Crippen LogP contribution is 2.19. The van der Waals surface area contributed by atoms with Gasteiger partial charge in [0.05, 0.1) is 0 Å². The van der Waals surface area contributed by atoms with Gasteiger partial charge in [0, 0.05) is 0 Å². The fourth-order valence-corrected chi connectivity index (χ4v) is 1.36. The molecule has 0 radical (unpaired) electrons. The van der Waals surface area contributed by atoms with E-state index in [9.17, 15) is 13.2 Å². The Labute approximate surface area is 123 Å². The van der Waals surface area contributed by atoms with Gasteiger partial charge in [0.1, 0.15) is 11.5 Å². The van der Waals surface area contributed by atoms with Gasteiger partial charge in [-0.15, -0.1) is 0 Å². The molecule has 0 aliphatic carbocycles. The second kappa shape index (κ2) is 9.10. The molecule has 8 heteroatoms. The predicted molar refractivity (Wildman–Crippen MR) is 77.0 cm³/mol. The van der Waals surface area contributed by atoms with Crippen molar-refractivity contribution >= 4 is 16.5 Å². The zero-order chi connectivity index (χ0) is 15.5. The number of hydrogen-bond acceptors (Lipinski definition) is 5. The van der Waals surface area contributed by atoms with Crippen molar-refractivity contribution < 1.29 is 17.9 Å². The maximum atomic E-state index is 9.65. The highest BCUT2D eigenvalue weighted by atomic mass is 32.2. The van der Waals surface area contributed by atoms with Gasteiger partial charge in [0.15, 0.2) is 0 Å². The fourth-order valence-electron chi connectivity index (χ4n) is 1.20. The van der Waals surface area contributed by atoms with Crippen molar-refractivity contribution in [3.8, 4) is 11.5 Å². The molecule has 0 heterocycles. The van der Waals surface area contributed by atoms with E-state index in [1.165, 1.54) is 5.43 Å². The third-order valence-corrected chi connectivity index (χ3v) is 2.19. The summed E-state index contributed by atoms with van der Waals surface area (Å²) in [6.45, 7) is 0. The lowest BCUT2D eigenvalue weighted by Crippen LogP contribution is -2.23. The first-order valence-electron chi connectivity index (χ1n) is 5.71. The summed E-state index contributed by atoms with van der Waals surface area (Å²) in [5.41, 5.74) is 5.92. The number of primary amides is 1. The van der Waals surface area contributed by atoms with E-state index in [1.807, 2.05) is 60.7 Å². The minimum absolute atomic E-state index is 0.869. The van der Waals surface area contributed by atoms with E-state index >= 15 is 0 Å². The Balaban J connectivity index is 0.000000240. The Morgan fingerprint density at radius 3 is 1.67 bits per heavy atom.